The van der Waals surface area contributed by atoms with E-state index in [1.54, 1.807) is 4.68 Å². The number of aryl methyl sites for hydroxylation is 1. The molecule has 26 heavy (non-hydrogen) atoms. The lowest BCUT2D eigenvalue weighted by atomic mass is 10.4. The fraction of sp³-hybridized carbons (Fsp3) is 0.0476. The monoisotopic (exact) mass is 358 g/mol. The lowest BCUT2D eigenvalue weighted by Crippen LogP contribution is -2.27. The Kier molecular flexibility index (Phi) is 4.51. The molecule has 0 aliphatic rings. The highest BCUT2D eigenvalue weighted by Gasteiger charge is 2.25. The summed E-state index contributed by atoms with van der Waals surface area (Å²) in [5.74, 6) is 3.03. The highest BCUT2D eigenvalue weighted by atomic mass is 31.2. The van der Waals surface area contributed by atoms with Crippen LogP contribution in [-0.2, 0) is 7.05 Å². The molecule has 4 nitrogen and oxygen atoms in total. The maximum Gasteiger partial charge on any atom is 0.175 e. The Morgan fingerprint density at radius 2 is 1.12 bits per heavy atom. The molecule has 0 aliphatic heterocycles. The second-order valence-electron chi connectivity index (χ2n) is 6.02. The van der Waals surface area contributed by atoms with Crippen LogP contribution in [0.15, 0.2) is 91.0 Å². The van der Waals surface area contributed by atoms with Crippen molar-refractivity contribution in [2.24, 2.45) is 7.05 Å². The Morgan fingerprint density at radius 3 is 1.46 bits per heavy atom. The summed E-state index contributed by atoms with van der Waals surface area (Å²) in [4.78, 5) is 0. The molecule has 0 amide bonds. The van der Waals surface area contributed by atoms with E-state index in [-0.39, 0.29) is 0 Å². The highest BCUT2D eigenvalue weighted by Crippen LogP contribution is 2.44. The van der Waals surface area contributed by atoms with Crippen molar-refractivity contribution in [3.8, 4) is 0 Å². The van der Waals surface area contributed by atoms with Gasteiger partial charge >= 0.3 is 0 Å². The van der Waals surface area contributed by atoms with E-state index in [0.29, 0.717) is 0 Å². The number of tetrazole rings is 1. The van der Waals surface area contributed by atoms with Crippen LogP contribution >= 0.6 is 6.89 Å². The summed E-state index contributed by atoms with van der Waals surface area (Å²) in [6, 6.07) is 32.0. The molecular formula is C21H19N4P. The predicted octanol–water partition coefficient (Wildman–Crippen LogP) is 2.35. The van der Waals surface area contributed by atoms with E-state index in [9.17, 15) is 0 Å². The minimum absolute atomic E-state index is 0.773. The van der Waals surface area contributed by atoms with Crippen LogP contribution in [0, 0.1) is 0 Å². The standard InChI is InChI=1S/C21H19N4P/c1-25-21(22-23-24-25)17-26(18-11-5-2-6-12-18,19-13-7-3-8-14-19)20-15-9-4-10-16-20/h2-17H,1H3. The van der Waals surface area contributed by atoms with Gasteiger partial charge in [-0.15, -0.1) is 5.10 Å². The number of hydrogen-bond acceptors (Lipinski definition) is 3. The van der Waals surface area contributed by atoms with Crippen molar-refractivity contribution in [2.45, 2.75) is 0 Å². The van der Waals surface area contributed by atoms with Crippen LogP contribution in [-0.4, -0.2) is 26.0 Å². The molecule has 0 spiro atoms. The number of benzene rings is 3. The molecule has 0 unspecified atom stereocenters. The molecule has 0 fully saturated rings. The summed E-state index contributed by atoms with van der Waals surface area (Å²) in [7, 11) is 1.88. The molecule has 4 aromatic rings. The second kappa shape index (κ2) is 7.11. The SMILES string of the molecule is Cn1nnnc1C=P(c1ccccc1)(c1ccccc1)c1ccccc1. The van der Waals surface area contributed by atoms with Crippen LogP contribution in [0.3, 0.4) is 0 Å². The zero-order valence-corrected chi connectivity index (χ0v) is 15.4. The number of hydrogen-bond donors (Lipinski definition) is 0. The van der Waals surface area contributed by atoms with E-state index < -0.39 is 6.89 Å². The molecule has 1 heterocycles. The maximum atomic E-state index is 4.25. The minimum atomic E-state index is -2.06. The van der Waals surface area contributed by atoms with Gasteiger partial charge in [-0.05, 0) is 39.0 Å². The Bertz CT molecular complexity index is 938. The number of aromatic nitrogens is 4. The van der Waals surface area contributed by atoms with E-state index in [2.05, 4.69) is 112 Å². The highest BCUT2D eigenvalue weighted by molar-refractivity contribution is 7.94. The van der Waals surface area contributed by atoms with Gasteiger partial charge in [-0.1, -0.05) is 91.0 Å². The third-order valence-electron chi connectivity index (χ3n) is 4.45. The van der Waals surface area contributed by atoms with Gasteiger partial charge in [0.25, 0.3) is 0 Å². The molecule has 0 saturated heterocycles. The molecule has 4 rings (SSSR count). The Morgan fingerprint density at radius 1 is 0.692 bits per heavy atom. The fourth-order valence-corrected chi connectivity index (χ4v) is 7.01. The maximum absolute atomic E-state index is 4.25. The van der Waals surface area contributed by atoms with Crippen LogP contribution in [0.25, 0.3) is 0 Å². The smallest absolute Gasteiger partial charge is 0.175 e. The van der Waals surface area contributed by atoms with Crippen molar-refractivity contribution >= 4 is 28.6 Å². The van der Waals surface area contributed by atoms with Crippen LogP contribution in [0.1, 0.15) is 5.82 Å². The van der Waals surface area contributed by atoms with E-state index >= 15 is 0 Å². The lowest BCUT2D eigenvalue weighted by Gasteiger charge is -2.28. The van der Waals surface area contributed by atoms with Gasteiger partial charge in [-0.2, -0.15) is 0 Å². The summed E-state index contributed by atoms with van der Waals surface area (Å²) in [5.41, 5.74) is 0. The first-order valence-corrected chi connectivity index (χ1v) is 10.3. The number of nitrogens with zero attached hydrogens (tertiary/aromatic N) is 4. The fourth-order valence-electron chi connectivity index (χ4n) is 3.18. The topological polar surface area (TPSA) is 43.6 Å². The van der Waals surface area contributed by atoms with Crippen molar-refractivity contribution < 1.29 is 0 Å². The van der Waals surface area contributed by atoms with Gasteiger partial charge in [0.2, 0.25) is 0 Å². The Labute approximate surface area is 153 Å². The molecule has 3 aromatic carbocycles. The van der Waals surface area contributed by atoms with E-state index in [1.807, 2.05) is 7.05 Å². The summed E-state index contributed by atoms with van der Waals surface area (Å²) in [5, 5.41) is 15.9. The second-order valence-corrected chi connectivity index (χ2v) is 9.27. The molecule has 0 N–H and O–H groups in total. The van der Waals surface area contributed by atoms with Gasteiger partial charge < -0.3 is 0 Å². The molecular weight excluding hydrogens is 339 g/mol. The predicted molar refractivity (Wildman–Crippen MR) is 109 cm³/mol. The third kappa shape index (κ3) is 2.89. The average Bonchev–Trinajstić information content (AvgIpc) is 3.12. The number of rotatable bonds is 4. The zero-order valence-electron chi connectivity index (χ0n) is 14.5. The van der Waals surface area contributed by atoms with Gasteiger partial charge in [0, 0.05) is 7.05 Å². The van der Waals surface area contributed by atoms with Gasteiger partial charge in [0.15, 0.2) is 5.82 Å². The van der Waals surface area contributed by atoms with Crippen molar-refractivity contribution in [3.05, 3.63) is 96.8 Å². The van der Waals surface area contributed by atoms with Crippen LogP contribution in [0.5, 0.6) is 0 Å². The van der Waals surface area contributed by atoms with Gasteiger partial charge in [-0.25, -0.2) is 4.68 Å². The first-order valence-electron chi connectivity index (χ1n) is 8.44. The first-order chi connectivity index (χ1) is 12.8. The molecule has 0 bridgehead atoms. The van der Waals surface area contributed by atoms with Crippen molar-refractivity contribution in [1.82, 2.24) is 20.2 Å². The molecule has 128 valence electrons. The molecule has 0 radical (unpaired) electrons. The molecule has 1 aromatic heterocycles. The molecule has 0 saturated carbocycles. The van der Waals surface area contributed by atoms with E-state index in [4.69, 9.17) is 0 Å². The summed E-state index contributed by atoms with van der Waals surface area (Å²) in [6.45, 7) is -2.06. The minimum Gasteiger partial charge on any atom is -0.229 e. The zero-order chi connectivity index (χ0) is 17.8. The van der Waals surface area contributed by atoms with Crippen molar-refractivity contribution in [3.63, 3.8) is 0 Å². The normalized spacial score (nSPS) is 11.3. The Balaban J connectivity index is 2.15. The van der Waals surface area contributed by atoms with E-state index in [0.717, 1.165) is 5.82 Å². The van der Waals surface area contributed by atoms with Crippen molar-refractivity contribution in [1.29, 1.82) is 0 Å². The van der Waals surface area contributed by atoms with Crippen LogP contribution < -0.4 is 15.9 Å². The first kappa shape index (κ1) is 16.5. The summed E-state index contributed by atoms with van der Waals surface area (Å²) >= 11 is 0. The molecule has 0 atom stereocenters. The Hall–Kier alpha value is -2.97. The van der Waals surface area contributed by atoms with E-state index in [1.165, 1.54) is 15.9 Å². The van der Waals surface area contributed by atoms with Crippen LogP contribution in [0.4, 0.5) is 0 Å². The summed E-state index contributed by atoms with van der Waals surface area (Å²) in [6.07, 6.45) is 0. The average molecular weight is 358 g/mol. The summed E-state index contributed by atoms with van der Waals surface area (Å²) < 4.78 is 1.73. The van der Waals surface area contributed by atoms with Gasteiger partial charge in [-0.3, -0.25) is 0 Å². The van der Waals surface area contributed by atoms with Gasteiger partial charge in [0.05, 0.1) is 0 Å². The quantitative estimate of drug-likeness (QED) is 0.526. The van der Waals surface area contributed by atoms with Crippen molar-refractivity contribution in [2.75, 3.05) is 0 Å². The third-order valence-corrected chi connectivity index (χ3v) is 8.41. The van der Waals surface area contributed by atoms with Crippen LogP contribution in [0.2, 0.25) is 0 Å². The van der Waals surface area contributed by atoms with Gasteiger partial charge in [0.1, 0.15) is 0 Å². The molecule has 5 heteroatoms. The molecule has 0 aliphatic carbocycles. The lowest BCUT2D eigenvalue weighted by molar-refractivity contribution is 0.708. The largest absolute Gasteiger partial charge is 0.229 e.